The molecule has 9 aromatic carbocycles. The van der Waals surface area contributed by atoms with Crippen LogP contribution in [0.15, 0.2) is 199 Å². The molecule has 0 atom stereocenters. The standard InChI is InChI=1S/C50H32N2O/c1-3-13-40-35(10-1)12-9-19-46(40)51(39-29-31-44-45-30-24-36-11-2-4-14-41(36)50(45)53-49(44)32-39)37-25-20-33(21-26-37)34-22-27-38(28-23-34)52-47-17-7-5-15-42(47)43-16-6-8-18-48(43)52/h1-32H. The lowest BCUT2D eigenvalue weighted by atomic mass is 10.0. The van der Waals surface area contributed by atoms with E-state index in [1.54, 1.807) is 0 Å². The van der Waals surface area contributed by atoms with Gasteiger partial charge in [0.2, 0.25) is 0 Å². The summed E-state index contributed by atoms with van der Waals surface area (Å²) >= 11 is 0. The lowest BCUT2D eigenvalue weighted by Gasteiger charge is -2.27. The van der Waals surface area contributed by atoms with Crippen molar-refractivity contribution in [2.45, 2.75) is 0 Å². The highest BCUT2D eigenvalue weighted by Gasteiger charge is 2.19. The second kappa shape index (κ2) is 11.7. The van der Waals surface area contributed by atoms with E-state index < -0.39 is 0 Å². The molecule has 0 unspecified atom stereocenters. The van der Waals surface area contributed by atoms with Crippen molar-refractivity contribution in [2.24, 2.45) is 0 Å². The van der Waals surface area contributed by atoms with Gasteiger partial charge in [-0.1, -0.05) is 127 Å². The first kappa shape index (κ1) is 29.6. The van der Waals surface area contributed by atoms with E-state index in [0.29, 0.717) is 0 Å². The van der Waals surface area contributed by atoms with Gasteiger partial charge in [0.15, 0.2) is 0 Å². The maximum Gasteiger partial charge on any atom is 0.143 e. The average Bonchev–Trinajstić information content (AvgIpc) is 3.77. The molecule has 53 heavy (non-hydrogen) atoms. The zero-order valence-electron chi connectivity index (χ0n) is 28.8. The molecule has 0 radical (unpaired) electrons. The Morgan fingerprint density at radius 3 is 1.64 bits per heavy atom. The third-order valence-corrected chi connectivity index (χ3v) is 10.8. The van der Waals surface area contributed by atoms with Crippen molar-refractivity contribution >= 4 is 82.4 Å². The molecule has 248 valence electrons. The van der Waals surface area contributed by atoms with Gasteiger partial charge in [-0.25, -0.2) is 0 Å². The summed E-state index contributed by atoms with van der Waals surface area (Å²) in [5.41, 5.74) is 11.0. The molecule has 0 bridgehead atoms. The van der Waals surface area contributed by atoms with Gasteiger partial charge in [0.25, 0.3) is 0 Å². The Balaban J connectivity index is 1.01. The first-order chi connectivity index (χ1) is 26.3. The van der Waals surface area contributed by atoms with E-state index in [-0.39, 0.29) is 0 Å². The van der Waals surface area contributed by atoms with Gasteiger partial charge in [0, 0.05) is 55.4 Å². The molecule has 2 aromatic heterocycles. The smallest absolute Gasteiger partial charge is 0.143 e. The van der Waals surface area contributed by atoms with Gasteiger partial charge in [-0.2, -0.15) is 0 Å². The minimum atomic E-state index is 0.874. The molecule has 0 fully saturated rings. The molecule has 3 nitrogen and oxygen atoms in total. The molecule has 2 heterocycles. The van der Waals surface area contributed by atoms with Gasteiger partial charge in [-0.15, -0.1) is 0 Å². The number of hydrogen-bond donors (Lipinski definition) is 0. The SMILES string of the molecule is c1ccc2c(N(c3ccc(-c4ccc(-n5c6ccccc6c6ccccc65)cc4)cc3)c3ccc4c(c3)oc3c5ccccc5ccc43)cccc2c1. The molecule has 0 saturated carbocycles. The number of para-hydroxylation sites is 2. The van der Waals surface area contributed by atoms with Crippen LogP contribution in [0, 0.1) is 0 Å². The quantitative estimate of drug-likeness (QED) is 0.181. The van der Waals surface area contributed by atoms with Crippen LogP contribution < -0.4 is 4.90 Å². The van der Waals surface area contributed by atoms with Crippen LogP contribution in [-0.2, 0) is 0 Å². The lowest BCUT2D eigenvalue weighted by molar-refractivity contribution is 0.672. The predicted octanol–water partition coefficient (Wildman–Crippen LogP) is 14.1. The molecule has 3 heteroatoms. The summed E-state index contributed by atoms with van der Waals surface area (Å²) in [7, 11) is 0. The van der Waals surface area contributed by atoms with E-state index in [9.17, 15) is 0 Å². The monoisotopic (exact) mass is 676 g/mol. The van der Waals surface area contributed by atoms with Gasteiger partial charge in [-0.3, -0.25) is 0 Å². The fourth-order valence-corrected chi connectivity index (χ4v) is 8.27. The molecular formula is C50H32N2O. The third kappa shape index (κ3) is 4.68. The maximum atomic E-state index is 6.65. The Morgan fingerprint density at radius 1 is 0.377 bits per heavy atom. The number of nitrogens with zero attached hydrogens (tertiary/aromatic N) is 2. The molecule has 0 amide bonds. The fourth-order valence-electron chi connectivity index (χ4n) is 8.27. The van der Waals surface area contributed by atoms with Crippen LogP contribution in [-0.4, -0.2) is 4.57 Å². The zero-order valence-corrected chi connectivity index (χ0v) is 28.8. The van der Waals surface area contributed by atoms with Crippen molar-refractivity contribution in [3.63, 3.8) is 0 Å². The molecule has 11 rings (SSSR count). The van der Waals surface area contributed by atoms with Crippen LogP contribution in [0.1, 0.15) is 0 Å². The highest BCUT2D eigenvalue weighted by atomic mass is 16.3. The van der Waals surface area contributed by atoms with Crippen LogP contribution in [0.5, 0.6) is 0 Å². The summed E-state index contributed by atoms with van der Waals surface area (Å²) in [6, 6.07) is 69.7. The van der Waals surface area contributed by atoms with Gasteiger partial charge in [-0.05, 0) is 82.6 Å². The van der Waals surface area contributed by atoms with E-state index in [1.165, 1.54) is 49.1 Å². The molecule has 0 N–H and O–H groups in total. The zero-order chi connectivity index (χ0) is 34.9. The van der Waals surface area contributed by atoms with Crippen molar-refractivity contribution in [1.82, 2.24) is 4.57 Å². The van der Waals surface area contributed by atoms with Crippen molar-refractivity contribution in [1.29, 1.82) is 0 Å². The first-order valence-electron chi connectivity index (χ1n) is 18.1. The largest absolute Gasteiger partial charge is 0.455 e. The predicted molar refractivity (Wildman–Crippen MR) is 223 cm³/mol. The topological polar surface area (TPSA) is 21.3 Å². The number of fused-ring (bicyclic) bond motifs is 9. The molecule has 11 aromatic rings. The number of furan rings is 1. The Morgan fingerprint density at radius 2 is 0.925 bits per heavy atom. The number of aromatic nitrogens is 1. The highest BCUT2D eigenvalue weighted by Crippen LogP contribution is 2.43. The van der Waals surface area contributed by atoms with Crippen LogP contribution in [0.25, 0.3) is 82.1 Å². The number of anilines is 3. The summed E-state index contributed by atoms with van der Waals surface area (Å²) in [5.74, 6) is 0. The molecule has 0 aliphatic carbocycles. The second-order valence-electron chi connectivity index (χ2n) is 13.7. The Hall–Kier alpha value is -7.10. The average molecular weight is 677 g/mol. The van der Waals surface area contributed by atoms with Crippen LogP contribution >= 0.6 is 0 Å². The van der Waals surface area contributed by atoms with E-state index in [4.69, 9.17) is 4.42 Å². The Kier molecular flexibility index (Phi) is 6.55. The van der Waals surface area contributed by atoms with Gasteiger partial charge in [0.1, 0.15) is 11.2 Å². The summed E-state index contributed by atoms with van der Waals surface area (Å²) in [5, 5.41) is 9.49. The van der Waals surface area contributed by atoms with E-state index in [1.807, 2.05) is 0 Å². The van der Waals surface area contributed by atoms with Gasteiger partial charge in [0.05, 0.1) is 16.7 Å². The highest BCUT2D eigenvalue weighted by molar-refractivity contribution is 6.15. The molecule has 0 spiro atoms. The summed E-state index contributed by atoms with van der Waals surface area (Å²) in [6.07, 6.45) is 0. The summed E-state index contributed by atoms with van der Waals surface area (Å²) in [4.78, 5) is 2.35. The number of hydrogen-bond acceptors (Lipinski definition) is 2. The minimum Gasteiger partial charge on any atom is -0.455 e. The molecule has 0 saturated heterocycles. The normalized spacial score (nSPS) is 11.8. The molecular weight excluding hydrogens is 645 g/mol. The molecule has 0 aliphatic heterocycles. The van der Waals surface area contributed by atoms with E-state index >= 15 is 0 Å². The van der Waals surface area contributed by atoms with Crippen LogP contribution in [0.4, 0.5) is 17.1 Å². The van der Waals surface area contributed by atoms with Gasteiger partial charge >= 0.3 is 0 Å². The maximum absolute atomic E-state index is 6.65. The fraction of sp³-hybridized carbons (Fsp3) is 0. The van der Waals surface area contributed by atoms with Crippen molar-refractivity contribution in [3.8, 4) is 16.8 Å². The van der Waals surface area contributed by atoms with Crippen molar-refractivity contribution in [3.05, 3.63) is 194 Å². The Labute approximate surface area is 306 Å². The van der Waals surface area contributed by atoms with E-state index in [0.717, 1.165) is 50.1 Å². The Bertz CT molecular complexity index is 3110. The van der Waals surface area contributed by atoms with Crippen LogP contribution in [0.3, 0.4) is 0 Å². The van der Waals surface area contributed by atoms with Crippen molar-refractivity contribution < 1.29 is 4.42 Å². The third-order valence-electron chi connectivity index (χ3n) is 10.8. The van der Waals surface area contributed by atoms with Crippen LogP contribution in [0.2, 0.25) is 0 Å². The second-order valence-corrected chi connectivity index (χ2v) is 13.7. The summed E-state index contributed by atoms with van der Waals surface area (Å²) < 4.78 is 9.01. The van der Waals surface area contributed by atoms with Gasteiger partial charge < -0.3 is 13.9 Å². The number of benzene rings is 9. The lowest BCUT2D eigenvalue weighted by Crippen LogP contribution is -2.10. The number of rotatable bonds is 5. The first-order valence-corrected chi connectivity index (χ1v) is 18.1. The molecule has 0 aliphatic rings. The van der Waals surface area contributed by atoms with Crippen molar-refractivity contribution in [2.75, 3.05) is 4.90 Å². The van der Waals surface area contributed by atoms with E-state index in [2.05, 4.69) is 204 Å². The minimum absolute atomic E-state index is 0.874. The summed E-state index contributed by atoms with van der Waals surface area (Å²) in [6.45, 7) is 0.